The van der Waals surface area contributed by atoms with Crippen LogP contribution in [0.15, 0.2) is 65.4 Å². The van der Waals surface area contributed by atoms with Crippen LogP contribution in [0, 0.1) is 17.5 Å². The molecule has 1 atom stereocenters. The van der Waals surface area contributed by atoms with Crippen molar-refractivity contribution in [1.29, 1.82) is 0 Å². The largest absolute Gasteiger partial charge is 0.492 e. The molecule has 198 valence electrons. The summed E-state index contributed by atoms with van der Waals surface area (Å²) >= 11 is 0. The first-order chi connectivity index (χ1) is 18.9. The van der Waals surface area contributed by atoms with Gasteiger partial charge in [0.2, 0.25) is 5.89 Å². The van der Waals surface area contributed by atoms with E-state index in [0.29, 0.717) is 17.0 Å². The Balaban J connectivity index is 1.28. The number of fused-ring (bicyclic) bond motifs is 2. The average molecular weight is 534 g/mol. The summed E-state index contributed by atoms with van der Waals surface area (Å²) in [5.74, 6) is -3.16. The molecule has 7 nitrogen and oxygen atoms in total. The molecule has 1 N–H and O–H groups in total. The van der Waals surface area contributed by atoms with Gasteiger partial charge < -0.3 is 23.6 Å². The van der Waals surface area contributed by atoms with E-state index in [-0.39, 0.29) is 59.6 Å². The van der Waals surface area contributed by atoms with E-state index in [1.807, 2.05) is 12.1 Å². The summed E-state index contributed by atoms with van der Waals surface area (Å²) < 4.78 is 66.2. The lowest BCUT2D eigenvalue weighted by Crippen LogP contribution is -2.08. The third-order valence-corrected chi connectivity index (χ3v) is 6.51. The number of halogens is 3. The lowest BCUT2D eigenvalue weighted by atomic mass is 9.96. The Kier molecular flexibility index (Phi) is 6.22. The van der Waals surface area contributed by atoms with Gasteiger partial charge in [0.1, 0.15) is 30.2 Å². The van der Waals surface area contributed by atoms with Crippen molar-refractivity contribution in [3.63, 3.8) is 0 Å². The molecule has 0 saturated carbocycles. The molecule has 0 amide bonds. The van der Waals surface area contributed by atoms with Gasteiger partial charge in [-0.1, -0.05) is 18.2 Å². The number of aromatic amines is 1. The Morgan fingerprint density at radius 2 is 2.00 bits per heavy atom. The van der Waals surface area contributed by atoms with Crippen LogP contribution in [-0.4, -0.2) is 29.2 Å². The van der Waals surface area contributed by atoms with E-state index in [4.69, 9.17) is 18.6 Å². The zero-order chi connectivity index (χ0) is 27.1. The second kappa shape index (κ2) is 9.86. The van der Waals surface area contributed by atoms with Crippen molar-refractivity contribution >= 4 is 16.9 Å². The lowest BCUT2D eigenvalue weighted by molar-refractivity contribution is -0.142. The molecule has 5 aromatic rings. The van der Waals surface area contributed by atoms with Crippen LogP contribution in [0.1, 0.15) is 29.7 Å². The molecule has 0 aliphatic carbocycles. The van der Waals surface area contributed by atoms with Crippen LogP contribution >= 0.6 is 0 Å². The number of nitrogens with one attached hydrogen (secondary N) is 1. The number of benzene rings is 3. The first kappa shape index (κ1) is 24.6. The van der Waals surface area contributed by atoms with Crippen LogP contribution in [0.2, 0.25) is 0 Å². The molecule has 1 aliphatic rings. The van der Waals surface area contributed by atoms with E-state index in [1.54, 1.807) is 13.0 Å². The summed E-state index contributed by atoms with van der Waals surface area (Å²) in [6, 6.07) is 11.7. The van der Waals surface area contributed by atoms with Gasteiger partial charge in [0.15, 0.2) is 17.4 Å². The zero-order valence-corrected chi connectivity index (χ0v) is 20.6. The van der Waals surface area contributed by atoms with E-state index < -0.39 is 23.2 Å². The number of H-pyrrole nitrogens is 1. The van der Waals surface area contributed by atoms with E-state index in [1.165, 1.54) is 30.7 Å². The van der Waals surface area contributed by atoms with Crippen molar-refractivity contribution in [3.05, 3.63) is 95.3 Å². The van der Waals surface area contributed by atoms with Crippen molar-refractivity contribution in [2.75, 3.05) is 13.2 Å². The van der Waals surface area contributed by atoms with E-state index in [9.17, 15) is 18.0 Å². The first-order valence-electron chi connectivity index (χ1n) is 12.2. The summed E-state index contributed by atoms with van der Waals surface area (Å²) in [5, 5.41) is 0.163. The highest BCUT2D eigenvalue weighted by Crippen LogP contribution is 2.41. The molecule has 1 unspecified atom stereocenters. The Hall–Kier alpha value is -4.73. The predicted octanol–water partition coefficient (Wildman–Crippen LogP) is 6.66. The van der Waals surface area contributed by atoms with Crippen molar-refractivity contribution in [2.24, 2.45) is 0 Å². The van der Waals surface area contributed by atoms with E-state index >= 15 is 0 Å². The Bertz CT molecular complexity index is 1710. The normalized spacial score (nSPS) is 14.3. The lowest BCUT2D eigenvalue weighted by Gasteiger charge is -2.10. The molecular weight excluding hydrogens is 513 g/mol. The second-order valence-electron chi connectivity index (χ2n) is 8.94. The number of carbonyl (C=O) groups is 1. The molecule has 0 spiro atoms. The van der Waals surface area contributed by atoms with Crippen molar-refractivity contribution < 1.29 is 36.6 Å². The maximum absolute atomic E-state index is 14.9. The van der Waals surface area contributed by atoms with Crippen LogP contribution in [0.5, 0.6) is 17.2 Å². The number of aromatic nitrogens is 2. The van der Waals surface area contributed by atoms with Crippen LogP contribution in [0.4, 0.5) is 13.2 Å². The standard InChI is InChI=1S/C29H21F3N2O5/c1-2-36-25(35)10-15-4-3-5-17-20(13-37-27(15)17)24-14-38-29(34-24)19-11-16(6-7-21(19)30)39-28-22(31)12-23-18(26(28)32)8-9-33-23/h3-9,11-12,14,20,33H,2,10,13H2,1H3. The summed E-state index contributed by atoms with van der Waals surface area (Å²) in [6.07, 6.45) is 2.97. The van der Waals surface area contributed by atoms with E-state index in [0.717, 1.165) is 17.7 Å². The number of hydrogen-bond acceptors (Lipinski definition) is 6. The van der Waals surface area contributed by atoms with Gasteiger partial charge in [0.05, 0.1) is 35.7 Å². The number of para-hydroxylation sites is 1. The monoisotopic (exact) mass is 534 g/mol. The highest BCUT2D eigenvalue weighted by Gasteiger charge is 2.31. The fraction of sp³-hybridized carbons (Fsp3) is 0.172. The van der Waals surface area contributed by atoms with Crippen LogP contribution in [0.3, 0.4) is 0 Å². The molecule has 2 aromatic heterocycles. The molecule has 6 rings (SSSR count). The maximum atomic E-state index is 14.9. The fourth-order valence-electron chi connectivity index (χ4n) is 4.69. The topological polar surface area (TPSA) is 86.6 Å². The highest BCUT2D eigenvalue weighted by molar-refractivity contribution is 5.82. The minimum Gasteiger partial charge on any atom is -0.492 e. The molecule has 0 saturated heterocycles. The van der Waals surface area contributed by atoms with Crippen LogP contribution in [0.25, 0.3) is 22.4 Å². The summed E-state index contributed by atoms with van der Waals surface area (Å²) in [7, 11) is 0. The molecular formula is C29H21F3N2O5. The molecule has 0 radical (unpaired) electrons. The molecule has 39 heavy (non-hydrogen) atoms. The Labute approximate surface area is 220 Å². The number of esters is 1. The Morgan fingerprint density at radius 3 is 2.85 bits per heavy atom. The number of ether oxygens (including phenoxy) is 3. The minimum atomic E-state index is -0.908. The van der Waals surface area contributed by atoms with Crippen molar-refractivity contribution in [1.82, 2.24) is 9.97 Å². The summed E-state index contributed by atoms with van der Waals surface area (Å²) in [6.45, 7) is 2.28. The van der Waals surface area contributed by atoms with Crippen molar-refractivity contribution in [2.45, 2.75) is 19.3 Å². The van der Waals surface area contributed by atoms with Gasteiger partial charge in [-0.3, -0.25) is 4.79 Å². The average Bonchev–Trinajstić information content (AvgIpc) is 3.67. The van der Waals surface area contributed by atoms with Gasteiger partial charge in [0, 0.05) is 28.8 Å². The molecule has 0 bridgehead atoms. The smallest absolute Gasteiger partial charge is 0.310 e. The van der Waals surface area contributed by atoms with Gasteiger partial charge in [-0.15, -0.1) is 0 Å². The van der Waals surface area contributed by atoms with Crippen LogP contribution < -0.4 is 9.47 Å². The summed E-state index contributed by atoms with van der Waals surface area (Å²) in [4.78, 5) is 19.2. The second-order valence-corrected chi connectivity index (χ2v) is 8.94. The number of carbonyl (C=O) groups excluding carboxylic acids is 1. The third kappa shape index (κ3) is 4.47. The Morgan fingerprint density at radius 1 is 1.13 bits per heavy atom. The fourth-order valence-corrected chi connectivity index (χ4v) is 4.69. The van der Waals surface area contributed by atoms with Gasteiger partial charge in [-0.2, -0.15) is 0 Å². The van der Waals surface area contributed by atoms with E-state index in [2.05, 4.69) is 9.97 Å². The number of hydrogen-bond donors (Lipinski definition) is 1. The van der Waals surface area contributed by atoms with Gasteiger partial charge >= 0.3 is 5.97 Å². The van der Waals surface area contributed by atoms with Gasteiger partial charge in [-0.05, 0) is 31.2 Å². The quantitative estimate of drug-likeness (QED) is 0.235. The predicted molar refractivity (Wildman–Crippen MR) is 134 cm³/mol. The van der Waals surface area contributed by atoms with Gasteiger partial charge in [-0.25, -0.2) is 18.2 Å². The SMILES string of the molecule is CCOC(=O)Cc1cccc2c1OCC2c1coc(-c2cc(Oc3c(F)cc4[nH]ccc4c3F)ccc2F)n1. The molecule has 3 aromatic carbocycles. The first-order valence-corrected chi connectivity index (χ1v) is 12.2. The number of rotatable bonds is 7. The highest BCUT2D eigenvalue weighted by atomic mass is 19.1. The van der Waals surface area contributed by atoms with Crippen molar-refractivity contribution in [3.8, 4) is 28.7 Å². The maximum Gasteiger partial charge on any atom is 0.310 e. The number of nitrogens with zero attached hydrogens (tertiary/aromatic N) is 1. The summed E-state index contributed by atoms with van der Waals surface area (Å²) in [5.41, 5.74) is 2.26. The molecule has 0 fully saturated rings. The molecule has 3 heterocycles. The van der Waals surface area contributed by atoms with Crippen LogP contribution in [-0.2, 0) is 16.0 Å². The minimum absolute atomic E-state index is 0.00279. The third-order valence-electron chi connectivity index (χ3n) is 6.51. The zero-order valence-electron chi connectivity index (χ0n) is 20.6. The number of oxazole rings is 1. The molecule has 1 aliphatic heterocycles. The van der Waals surface area contributed by atoms with Gasteiger partial charge in [0.25, 0.3) is 0 Å². The molecule has 10 heteroatoms.